The fourth-order valence-electron chi connectivity index (χ4n) is 4.46. The van der Waals surface area contributed by atoms with Crippen molar-refractivity contribution in [2.75, 3.05) is 13.1 Å². The normalized spacial score (nSPS) is 37.6. The number of hydrogen-bond acceptors (Lipinski definition) is 2. The number of carbonyl (C=O) groups excluding carboxylic acids is 2. The van der Waals surface area contributed by atoms with Gasteiger partial charge in [-0.1, -0.05) is 19.8 Å². The molecule has 4 heteroatoms. The van der Waals surface area contributed by atoms with E-state index in [1.54, 1.807) is 0 Å². The predicted octanol–water partition coefficient (Wildman–Crippen LogP) is 2.42. The maximum Gasteiger partial charge on any atom is 0.246 e. The molecule has 4 atom stereocenters. The van der Waals surface area contributed by atoms with Crippen LogP contribution in [0.2, 0.25) is 0 Å². The van der Waals surface area contributed by atoms with E-state index in [0.717, 1.165) is 38.3 Å². The Labute approximate surface area is 127 Å². The molecule has 1 saturated carbocycles. The molecule has 0 N–H and O–H groups in total. The molecule has 21 heavy (non-hydrogen) atoms. The Morgan fingerprint density at radius 1 is 1.00 bits per heavy atom. The summed E-state index contributed by atoms with van der Waals surface area (Å²) in [6, 6.07) is -0.424. The molecular weight excluding hydrogens is 264 g/mol. The molecule has 2 amide bonds. The van der Waals surface area contributed by atoms with Gasteiger partial charge in [0, 0.05) is 13.1 Å². The summed E-state index contributed by atoms with van der Waals surface area (Å²) >= 11 is 0. The van der Waals surface area contributed by atoms with E-state index in [1.165, 1.54) is 25.7 Å². The highest BCUT2D eigenvalue weighted by atomic mass is 16.2. The van der Waals surface area contributed by atoms with Gasteiger partial charge in [-0.3, -0.25) is 9.59 Å². The van der Waals surface area contributed by atoms with Gasteiger partial charge in [0.2, 0.25) is 11.8 Å². The predicted molar refractivity (Wildman–Crippen MR) is 81.6 cm³/mol. The zero-order valence-electron chi connectivity index (χ0n) is 13.4. The molecule has 0 spiro atoms. The zero-order valence-corrected chi connectivity index (χ0v) is 13.4. The highest BCUT2D eigenvalue weighted by Crippen LogP contribution is 2.32. The van der Waals surface area contributed by atoms with E-state index >= 15 is 0 Å². The first-order valence-corrected chi connectivity index (χ1v) is 8.69. The molecule has 2 heterocycles. The molecule has 0 aromatic carbocycles. The lowest BCUT2D eigenvalue weighted by molar-refractivity contribution is -0.163. The number of hydrogen-bond donors (Lipinski definition) is 0. The van der Waals surface area contributed by atoms with E-state index in [9.17, 15) is 9.59 Å². The Hall–Kier alpha value is -1.06. The van der Waals surface area contributed by atoms with Crippen molar-refractivity contribution in [3.63, 3.8) is 0 Å². The lowest BCUT2D eigenvalue weighted by atomic mass is 9.81. The molecule has 0 bridgehead atoms. The fourth-order valence-corrected chi connectivity index (χ4v) is 4.46. The zero-order chi connectivity index (χ0) is 15.0. The highest BCUT2D eigenvalue weighted by Gasteiger charge is 2.45. The Morgan fingerprint density at radius 3 is 2.57 bits per heavy atom. The minimum atomic E-state index is -0.260. The third-order valence-corrected chi connectivity index (χ3v) is 5.68. The van der Waals surface area contributed by atoms with Crippen molar-refractivity contribution in [1.29, 1.82) is 0 Å². The summed E-state index contributed by atoms with van der Waals surface area (Å²) in [5.41, 5.74) is 0. The van der Waals surface area contributed by atoms with Gasteiger partial charge in [-0.2, -0.15) is 0 Å². The van der Waals surface area contributed by atoms with Gasteiger partial charge in [0.25, 0.3) is 0 Å². The Balaban J connectivity index is 1.71. The van der Waals surface area contributed by atoms with Crippen molar-refractivity contribution in [3.8, 4) is 0 Å². The third kappa shape index (κ3) is 2.82. The van der Waals surface area contributed by atoms with E-state index in [2.05, 4.69) is 6.92 Å². The van der Waals surface area contributed by atoms with Gasteiger partial charge >= 0.3 is 0 Å². The third-order valence-electron chi connectivity index (χ3n) is 5.68. The molecule has 2 saturated heterocycles. The van der Waals surface area contributed by atoms with Gasteiger partial charge in [0.15, 0.2) is 0 Å². The molecule has 4 unspecified atom stereocenters. The molecule has 0 radical (unpaired) electrons. The summed E-state index contributed by atoms with van der Waals surface area (Å²) in [5, 5.41) is 0. The number of fused-ring (bicyclic) bond motifs is 1. The Morgan fingerprint density at radius 2 is 1.81 bits per heavy atom. The molecule has 2 aliphatic heterocycles. The van der Waals surface area contributed by atoms with Crippen LogP contribution in [-0.2, 0) is 9.59 Å². The fraction of sp³-hybridized carbons (Fsp3) is 0.882. The van der Waals surface area contributed by atoms with E-state index in [0.29, 0.717) is 5.92 Å². The summed E-state index contributed by atoms with van der Waals surface area (Å²) in [6.07, 6.45) is 7.98. The van der Waals surface area contributed by atoms with Gasteiger partial charge in [0.05, 0.1) is 0 Å². The van der Waals surface area contributed by atoms with Crippen molar-refractivity contribution < 1.29 is 9.59 Å². The summed E-state index contributed by atoms with van der Waals surface area (Å²) in [6.45, 7) is 5.78. The Bertz CT molecular complexity index is 423. The number of nitrogens with zero attached hydrogens (tertiary/aromatic N) is 2. The van der Waals surface area contributed by atoms with Crippen LogP contribution in [0.3, 0.4) is 0 Å². The first-order chi connectivity index (χ1) is 10.1. The van der Waals surface area contributed by atoms with Crippen LogP contribution in [0.1, 0.15) is 58.8 Å². The first kappa shape index (κ1) is 14.9. The average Bonchev–Trinajstić information content (AvgIpc) is 2.49. The quantitative estimate of drug-likeness (QED) is 0.784. The second kappa shape index (κ2) is 5.98. The average molecular weight is 292 g/mol. The summed E-state index contributed by atoms with van der Waals surface area (Å²) in [7, 11) is 0. The minimum absolute atomic E-state index is 0.163. The number of rotatable bonds is 2. The molecule has 3 fully saturated rings. The second-order valence-electron chi connectivity index (χ2n) is 7.35. The van der Waals surface area contributed by atoms with E-state index in [-0.39, 0.29) is 23.9 Å². The summed E-state index contributed by atoms with van der Waals surface area (Å²) in [4.78, 5) is 29.1. The van der Waals surface area contributed by atoms with Crippen molar-refractivity contribution in [1.82, 2.24) is 9.80 Å². The van der Waals surface area contributed by atoms with E-state index in [1.807, 2.05) is 16.7 Å². The highest BCUT2D eigenvalue weighted by molar-refractivity contribution is 5.96. The Kier molecular flexibility index (Phi) is 4.23. The van der Waals surface area contributed by atoms with Crippen molar-refractivity contribution >= 4 is 11.8 Å². The van der Waals surface area contributed by atoms with Gasteiger partial charge < -0.3 is 9.80 Å². The number of carbonyl (C=O) groups is 2. The standard InChI is InChI=1S/C17H28N2O2/c1-12-6-5-7-14(10-12)11-19-13(2)16(20)18-9-4-3-8-15(18)17(19)21/h12-15H,3-11H2,1-2H3. The van der Waals surface area contributed by atoms with Gasteiger partial charge in [-0.25, -0.2) is 0 Å². The van der Waals surface area contributed by atoms with Crippen LogP contribution < -0.4 is 0 Å². The van der Waals surface area contributed by atoms with Crippen molar-refractivity contribution in [2.24, 2.45) is 11.8 Å². The van der Waals surface area contributed by atoms with Crippen molar-refractivity contribution in [2.45, 2.75) is 70.9 Å². The van der Waals surface area contributed by atoms with Gasteiger partial charge in [0.1, 0.15) is 12.1 Å². The van der Waals surface area contributed by atoms with Crippen LogP contribution >= 0.6 is 0 Å². The largest absolute Gasteiger partial charge is 0.329 e. The van der Waals surface area contributed by atoms with E-state index in [4.69, 9.17) is 0 Å². The lowest BCUT2D eigenvalue weighted by Crippen LogP contribution is -2.65. The van der Waals surface area contributed by atoms with Crippen molar-refractivity contribution in [3.05, 3.63) is 0 Å². The smallest absolute Gasteiger partial charge is 0.246 e. The molecule has 3 aliphatic rings. The molecule has 118 valence electrons. The van der Waals surface area contributed by atoms with Gasteiger partial charge in [-0.15, -0.1) is 0 Å². The summed E-state index contributed by atoms with van der Waals surface area (Å²) in [5.74, 6) is 1.73. The second-order valence-corrected chi connectivity index (χ2v) is 7.35. The van der Waals surface area contributed by atoms with Crippen LogP contribution in [0, 0.1) is 11.8 Å². The number of piperidine rings is 1. The van der Waals surface area contributed by atoms with Crippen LogP contribution in [-0.4, -0.2) is 46.8 Å². The van der Waals surface area contributed by atoms with Crippen LogP contribution in [0.4, 0.5) is 0 Å². The topological polar surface area (TPSA) is 40.6 Å². The maximum absolute atomic E-state index is 12.8. The number of amides is 2. The monoisotopic (exact) mass is 292 g/mol. The van der Waals surface area contributed by atoms with Gasteiger partial charge in [-0.05, 0) is 50.9 Å². The minimum Gasteiger partial charge on any atom is -0.329 e. The molecular formula is C17H28N2O2. The summed E-state index contributed by atoms with van der Waals surface area (Å²) < 4.78 is 0. The first-order valence-electron chi connectivity index (χ1n) is 8.69. The van der Waals surface area contributed by atoms with E-state index < -0.39 is 0 Å². The molecule has 0 aromatic rings. The van der Waals surface area contributed by atoms with Crippen LogP contribution in [0.5, 0.6) is 0 Å². The molecule has 4 nitrogen and oxygen atoms in total. The van der Waals surface area contributed by atoms with Crippen LogP contribution in [0.25, 0.3) is 0 Å². The number of piperazine rings is 1. The SMILES string of the molecule is CC1CCCC(CN2C(=O)C3CCCCN3C(=O)C2C)C1. The molecule has 1 aliphatic carbocycles. The maximum atomic E-state index is 12.8. The van der Waals surface area contributed by atoms with Crippen LogP contribution in [0.15, 0.2) is 0 Å². The molecule has 3 rings (SSSR count). The lowest BCUT2D eigenvalue weighted by Gasteiger charge is -2.47. The molecule has 0 aromatic heterocycles.